The molecule has 0 aromatic heterocycles. The first-order chi connectivity index (χ1) is 13.0. The Labute approximate surface area is 170 Å². The quantitative estimate of drug-likeness (QED) is 0.577. The zero-order valence-corrected chi connectivity index (χ0v) is 16.7. The number of aliphatic carboxylic acids is 1. The van der Waals surface area contributed by atoms with Crippen LogP contribution in [-0.2, 0) is 20.7 Å². The van der Waals surface area contributed by atoms with Gasteiger partial charge in [0.2, 0.25) is 0 Å². The lowest BCUT2D eigenvalue weighted by molar-refractivity contribution is -0.163. The maximum Gasteiger partial charge on any atom is 0.306 e. The van der Waals surface area contributed by atoms with Gasteiger partial charge < -0.3 is 14.6 Å². The highest BCUT2D eigenvalue weighted by Gasteiger charge is 2.21. The number of nitriles is 1. The molecule has 3 unspecified atom stereocenters. The minimum absolute atomic E-state index is 0.167. The fourth-order valence-electron chi connectivity index (χ4n) is 3.12. The molecule has 1 aliphatic rings. The number of carbonyl (C=O) groups is 1. The summed E-state index contributed by atoms with van der Waals surface area (Å²) >= 11 is 11.9. The van der Waals surface area contributed by atoms with Gasteiger partial charge in [-0.2, -0.15) is 5.26 Å². The summed E-state index contributed by atoms with van der Waals surface area (Å²) in [7, 11) is 0. The van der Waals surface area contributed by atoms with Crippen LogP contribution in [0.1, 0.15) is 44.1 Å². The van der Waals surface area contributed by atoms with Gasteiger partial charge in [-0.15, -0.1) is 0 Å². The second-order valence-electron chi connectivity index (χ2n) is 6.85. The van der Waals surface area contributed by atoms with Crippen molar-refractivity contribution in [3.05, 3.63) is 33.8 Å². The summed E-state index contributed by atoms with van der Waals surface area (Å²) in [5.74, 6) is -1.67. The molecule has 0 radical (unpaired) electrons. The van der Waals surface area contributed by atoms with E-state index in [1.807, 2.05) is 0 Å². The molecule has 0 amide bonds. The maximum atomic E-state index is 11.6. The molecule has 1 heterocycles. The fourth-order valence-corrected chi connectivity index (χ4v) is 3.44. The Balaban J connectivity index is 1.79. The zero-order chi connectivity index (χ0) is 19.6. The third-order valence-electron chi connectivity index (χ3n) is 4.77. The van der Waals surface area contributed by atoms with Crippen LogP contribution in [0.25, 0.3) is 0 Å². The molecule has 0 saturated carbocycles. The van der Waals surface area contributed by atoms with E-state index in [2.05, 4.69) is 6.07 Å². The number of carboxylic acids is 1. The first-order valence-electron chi connectivity index (χ1n) is 9.29. The highest BCUT2D eigenvalue weighted by atomic mass is 35.5. The molecule has 1 aromatic carbocycles. The Morgan fingerprint density at radius 1 is 1.30 bits per heavy atom. The van der Waals surface area contributed by atoms with Gasteiger partial charge in [0.25, 0.3) is 0 Å². The molecule has 1 N–H and O–H groups in total. The first kappa shape index (κ1) is 22.0. The topological polar surface area (TPSA) is 79.5 Å². The summed E-state index contributed by atoms with van der Waals surface area (Å²) in [6.45, 7) is 1.18. The van der Waals surface area contributed by atoms with Crippen molar-refractivity contribution in [3.8, 4) is 6.07 Å². The van der Waals surface area contributed by atoms with E-state index >= 15 is 0 Å². The number of carboxylic acid groups (broad SMARTS) is 1. The second-order valence-corrected chi connectivity index (χ2v) is 7.66. The van der Waals surface area contributed by atoms with Crippen molar-refractivity contribution < 1.29 is 19.4 Å². The van der Waals surface area contributed by atoms with E-state index in [1.165, 1.54) is 0 Å². The van der Waals surface area contributed by atoms with Crippen LogP contribution in [0.2, 0.25) is 10.0 Å². The van der Waals surface area contributed by atoms with Crippen LogP contribution in [-0.4, -0.2) is 30.6 Å². The van der Waals surface area contributed by atoms with Crippen LogP contribution >= 0.6 is 23.2 Å². The van der Waals surface area contributed by atoms with Gasteiger partial charge in [0, 0.05) is 12.5 Å². The van der Waals surface area contributed by atoms with Crippen molar-refractivity contribution in [2.24, 2.45) is 11.8 Å². The molecular formula is C20H25Cl2NO4. The molecule has 27 heavy (non-hydrogen) atoms. The van der Waals surface area contributed by atoms with E-state index in [4.69, 9.17) is 32.7 Å². The first-order valence-corrected chi connectivity index (χ1v) is 10.0. The number of hydrogen-bond donors (Lipinski definition) is 1. The van der Waals surface area contributed by atoms with Crippen molar-refractivity contribution in [2.45, 2.75) is 51.2 Å². The highest BCUT2D eigenvalue weighted by Crippen LogP contribution is 2.26. The van der Waals surface area contributed by atoms with Crippen LogP contribution in [0.4, 0.5) is 0 Å². The van der Waals surface area contributed by atoms with Gasteiger partial charge in [-0.3, -0.25) is 4.79 Å². The molecule has 0 bridgehead atoms. The van der Waals surface area contributed by atoms with Gasteiger partial charge in [0.05, 0.1) is 28.6 Å². The molecule has 148 valence electrons. The van der Waals surface area contributed by atoms with Crippen LogP contribution in [0, 0.1) is 23.2 Å². The van der Waals surface area contributed by atoms with Crippen LogP contribution in [0.3, 0.4) is 0 Å². The smallest absolute Gasteiger partial charge is 0.306 e. The Morgan fingerprint density at radius 3 is 2.74 bits per heavy atom. The lowest BCUT2D eigenvalue weighted by Crippen LogP contribution is -2.23. The molecule has 1 aromatic rings. The Hall–Kier alpha value is -1.32. The number of rotatable bonds is 10. The normalized spacial score (nSPS) is 19.2. The molecular weight excluding hydrogens is 389 g/mol. The summed E-state index contributed by atoms with van der Waals surface area (Å²) in [6.07, 6.45) is 4.77. The summed E-state index contributed by atoms with van der Waals surface area (Å²) in [5.41, 5.74) is 0.822. The van der Waals surface area contributed by atoms with Crippen LogP contribution in [0.5, 0.6) is 0 Å². The number of hydrogen-bond acceptors (Lipinski definition) is 4. The van der Waals surface area contributed by atoms with Gasteiger partial charge in [0.15, 0.2) is 6.29 Å². The van der Waals surface area contributed by atoms with E-state index in [0.717, 1.165) is 31.4 Å². The molecule has 5 nitrogen and oxygen atoms in total. The minimum Gasteiger partial charge on any atom is -0.481 e. The number of ether oxygens (including phenoxy) is 2. The van der Waals surface area contributed by atoms with Gasteiger partial charge in [0.1, 0.15) is 0 Å². The van der Waals surface area contributed by atoms with E-state index in [1.54, 1.807) is 18.2 Å². The van der Waals surface area contributed by atoms with Crippen molar-refractivity contribution >= 4 is 29.2 Å². The maximum absolute atomic E-state index is 11.6. The summed E-state index contributed by atoms with van der Waals surface area (Å²) in [4.78, 5) is 11.6. The van der Waals surface area contributed by atoms with Gasteiger partial charge >= 0.3 is 5.97 Å². The Kier molecular flexibility index (Phi) is 9.36. The molecule has 3 atom stereocenters. The lowest BCUT2D eigenvalue weighted by Gasteiger charge is -2.23. The molecule has 1 aliphatic heterocycles. The zero-order valence-electron chi connectivity index (χ0n) is 15.2. The summed E-state index contributed by atoms with van der Waals surface area (Å²) in [6, 6.07) is 7.41. The number of benzene rings is 1. The Morgan fingerprint density at radius 2 is 2.11 bits per heavy atom. The molecule has 0 aliphatic carbocycles. The average molecular weight is 414 g/mol. The van der Waals surface area contributed by atoms with Crippen molar-refractivity contribution in [1.82, 2.24) is 0 Å². The average Bonchev–Trinajstić information content (AvgIpc) is 2.66. The summed E-state index contributed by atoms with van der Waals surface area (Å²) < 4.78 is 11.2. The predicted molar refractivity (Wildman–Crippen MR) is 104 cm³/mol. The summed E-state index contributed by atoms with van der Waals surface area (Å²) in [5, 5.41) is 19.7. The van der Waals surface area contributed by atoms with E-state index in [0.29, 0.717) is 42.3 Å². The van der Waals surface area contributed by atoms with Crippen LogP contribution in [0.15, 0.2) is 18.2 Å². The van der Waals surface area contributed by atoms with Gasteiger partial charge in [-0.05, 0) is 62.6 Å². The molecule has 1 saturated heterocycles. The van der Waals surface area contributed by atoms with E-state index in [9.17, 15) is 15.2 Å². The standard InChI is InChI=1S/C20H25Cl2NO4/c21-17-7-5-15(12-18(17)22)11-16(20(24)25)6-4-14(13-23)8-10-27-19-3-1-2-9-26-19/h5,7,12,14,16,19H,1-4,6,8-11H2,(H,24,25). The second kappa shape index (κ2) is 11.5. The SMILES string of the molecule is N#CC(CCOC1CCCCO1)CCC(Cc1ccc(Cl)c(Cl)c1)C(=O)O. The monoisotopic (exact) mass is 413 g/mol. The fraction of sp³-hybridized carbons (Fsp3) is 0.600. The minimum atomic E-state index is -0.871. The molecule has 1 fully saturated rings. The largest absolute Gasteiger partial charge is 0.481 e. The number of nitrogens with zero attached hydrogens (tertiary/aromatic N) is 1. The predicted octanol–water partition coefficient (Wildman–Crippen LogP) is 5.09. The van der Waals surface area contributed by atoms with Gasteiger partial charge in [-0.25, -0.2) is 0 Å². The lowest BCUT2D eigenvalue weighted by atomic mass is 9.90. The van der Waals surface area contributed by atoms with Crippen molar-refractivity contribution in [1.29, 1.82) is 5.26 Å². The molecule has 2 rings (SSSR count). The Bertz CT molecular complexity index is 656. The molecule has 0 spiro atoms. The number of halogens is 2. The van der Waals surface area contributed by atoms with Crippen LogP contribution < -0.4 is 0 Å². The third kappa shape index (κ3) is 7.67. The highest BCUT2D eigenvalue weighted by molar-refractivity contribution is 6.42. The van der Waals surface area contributed by atoms with E-state index < -0.39 is 11.9 Å². The van der Waals surface area contributed by atoms with Crippen molar-refractivity contribution in [3.63, 3.8) is 0 Å². The third-order valence-corrected chi connectivity index (χ3v) is 5.51. The van der Waals surface area contributed by atoms with Crippen molar-refractivity contribution in [2.75, 3.05) is 13.2 Å². The van der Waals surface area contributed by atoms with Gasteiger partial charge in [-0.1, -0.05) is 29.3 Å². The molecule has 7 heteroatoms. The van der Waals surface area contributed by atoms with E-state index in [-0.39, 0.29) is 12.2 Å².